The second kappa shape index (κ2) is 8.57. The second-order valence-corrected chi connectivity index (χ2v) is 5.89. The molecule has 2 nitrogen and oxygen atoms in total. The van der Waals surface area contributed by atoms with Crippen LogP contribution in [0, 0.1) is 11.6 Å². The van der Waals surface area contributed by atoms with Gasteiger partial charge in [-0.15, -0.1) is 0 Å². The van der Waals surface area contributed by atoms with E-state index in [1.165, 1.54) is 5.56 Å². The van der Waals surface area contributed by atoms with E-state index in [1.54, 1.807) is 12.1 Å². The van der Waals surface area contributed by atoms with E-state index >= 15 is 0 Å². The van der Waals surface area contributed by atoms with Crippen molar-refractivity contribution in [1.29, 1.82) is 0 Å². The van der Waals surface area contributed by atoms with Crippen molar-refractivity contribution in [2.75, 3.05) is 0 Å². The van der Waals surface area contributed by atoms with Crippen LogP contribution in [0.25, 0.3) is 0 Å². The molecule has 2 aromatic carbocycles. The van der Waals surface area contributed by atoms with E-state index in [2.05, 4.69) is 13.8 Å². The molecule has 2 aromatic rings. The van der Waals surface area contributed by atoms with Crippen LogP contribution < -0.4 is 4.74 Å². The maximum absolute atomic E-state index is 13.1. The Labute approximate surface area is 141 Å². The molecule has 0 fully saturated rings. The van der Waals surface area contributed by atoms with Crippen LogP contribution in [0.4, 0.5) is 8.78 Å². The van der Waals surface area contributed by atoms with Crippen molar-refractivity contribution in [2.24, 2.45) is 0 Å². The molecule has 0 saturated carbocycles. The molecule has 0 aliphatic heterocycles. The molecular formula is C20H22F2O2. The van der Waals surface area contributed by atoms with E-state index in [0.717, 1.165) is 43.9 Å². The number of ether oxygens (including phenoxy) is 1. The van der Waals surface area contributed by atoms with Crippen molar-refractivity contribution in [3.05, 3.63) is 65.2 Å². The minimum atomic E-state index is -0.782. The van der Waals surface area contributed by atoms with Crippen LogP contribution in [0.2, 0.25) is 0 Å². The lowest BCUT2D eigenvalue weighted by atomic mass is 9.90. The highest BCUT2D eigenvalue weighted by Crippen LogP contribution is 2.26. The zero-order valence-electron chi connectivity index (χ0n) is 14.0. The maximum atomic E-state index is 13.1. The van der Waals surface area contributed by atoms with Gasteiger partial charge in [-0.2, -0.15) is 0 Å². The molecule has 0 heterocycles. The van der Waals surface area contributed by atoms with E-state index < -0.39 is 17.6 Å². The fraction of sp³-hybridized carbons (Fsp3) is 0.350. The summed E-state index contributed by atoms with van der Waals surface area (Å²) >= 11 is 0. The molecule has 0 atom stereocenters. The van der Waals surface area contributed by atoms with E-state index in [1.807, 2.05) is 12.1 Å². The monoisotopic (exact) mass is 332 g/mol. The van der Waals surface area contributed by atoms with Crippen molar-refractivity contribution in [1.82, 2.24) is 0 Å². The Kier molecular flexibility index (Phi) is 6.47. The number of benzene rings is 2. The fourth-order valence-electron chi connectivity index (χ4n) is 2.82. The van der Waals surface area contributed by atoms with Crippen molar-refractivity contribution < 1.29 is 18.3 Å². The molecule has 128 valence electrons. The lowest BCUT2D eigenvalue weighted by Crippen LogP contribution is -2.09. The Morgan fingerprint density at radius 2 is 1.50 bits per heavy atom. The van der Waals surface area contributed by atoms with Gasteiger partial charge in [-0.1, -0.05) is 38.8 Å². The van der Waals surface area contributed by atoms with Crippen LogP contribution in [-0.4, -0.2) is 5.97 Å². The van der Waals surface area contributed by atoms with Gasteiger partial charge in [-0.25, -0.2) is 13.6 Å². The molecule has 0 bridgehead atoms. The Morgan fingerprint density at radius 1 is 0.958 bits per heavy atom. The maximum Gasteiger partial charge on any atom is 0.343 e. The Hall–Kier alpha value is -2.23. The van der Waals surface area contributed by atoms with Crippen molar-refractivity contribution in [3.8, 4) is 5.75 Å². The van der Waals surface area contributed by atoms with Gasteiger partial charge in [0.15, 0.2) is 0 Å². The van der Waals surface area contributed by atoms with Crippen molar-refractivity contribution in [2.45, 2.75) is 45.4 Å². The minimum Gasteiger partial charge on any atom is -0.423 e. The molecule has 0 N–H and O–H groups in total. The summed E-state index contributed by atoms with van der Waals surface area (Å²) < 4.78 is 31.3. The first-order valence-electron chi connectivity index (χ1n) is 8.31. The van der Waals surface area contributed by atoms with Crippen molar-refractivity contribution >= 4 is 5.97 Å². The predicted octanol–water partition coefficient (Wildman–Crippen LogP) is 5.87. The average Bonchev–Trinajstić information content (AvgIpc) is 2.54. The van der Waals surface area contributed by atoms with Gasteiger partial charge in [-0.05, 0) is 36.5 Å². The van der Waals surface area contributed by atoms with E-state index in [9.17, 15) is 13.6 Å². The Morgan fingerprint density at radius 3 is 2.00 bits per heavy atom. The highest BCUT2D eigenvalue weighted by Gasteiger charge is 2.13. The number of esters is 1. The number of halogens is 2. The number of carbonyl (C=O) groups is 1. The summed E-state index contributed by atoms with van der Waals surface area (Å²) in [6.45, 7) is 4.32. The summed E-state index contributed by atoms with van der Waals surface area (Å²) in [5, 5.41) is 0. The molecule has 0 spiro atoms. The number of hydrogen-bond acceptors (Lipinski definition) is 2. The quantitative estimate of drug-likeness (QED) is 0.468. The minimum absolute atomic E-state index is 0.142. The third-order valence-corrected chi connectivity index (χ3v) is 3.94. The fourth-order valence-corrected chi connectivity index (χ4v) is 2.82. The number of hydrogen-bond donors (Lipinski definition) is 0. The van der Waals surface area contributed by atoms with Gasteiger partial charge in [-0.3, -0.25) is 0 Å². The molecule has 24 heavy (non-hydrogen) atoms. The Bertz CT molecular complexity index is 654. The van der Waals surface area contributed by atoms with Gasteiger partial charge >= 0.3 is 5.97 Å². The van der Waals surface area contributed by atoms with Gasteiger partial charge in [0.2, 0.25) is 0 Å². The third kappa shape index (κ3) is 4.88. The van der Waals surface area contributed by atoms with Crippen LogP contribution in [0.1, 0.15) is 61.4 Å². The summed E-state index contributed by atoms with van der Waals surface area (Å²) in [5.74, 6) is -1.85. The normalized spacial score (nSPS) is 10.9. The molecule has 4 heteroatoms. The molecule has 0 aromatic heterocycles. The zero-order chi connectivity index (χ0) is 17.5. The van der Waals surface area contributed by atoms with E-state index in [4.69, 9.17) is 4.74 Å². The first-order chi connectivity index (χ1) is 11.5. The van der Waals surface area contributed by atoms with Crippen LogP contribution in [-0.2, 0) is 0 Å². The van der Waals surface area contributed by atoms with Gasteiger partial charge in [0.1, 0.15) is 17.4 Å². The number of rotatable bonds is 7. The van der Waals surface area contributed by atoms with Crippen LogP contribution in [0.15, 0.2) is 42.5 Å². The van der Waals surface area contributed by atoms with E-state index in [-0.39, 0.29) is 5.75 Å². The van der Waals surface area contributed by atoms with Crippen LogP contribution in [0.5, 0.6) is 5.75 Å². The van der Waals surface area contributed by atoms with Crippen LogP contribution in [0.3, 0.4) is 0 Å². The molecule has 0 aliphatic rings. The SMILES string of the molecule is CCCC(CCC)c1ccc(C(=O)Oc2cc(F)cc(F)c2)cc1. The zero-order valence-corrected chi connectivity index (χ0v) is 14.0. The molecular weight excluding hydrogens is 310 g/mol. The molecule has 0 saturated heterocycles. The first-order valence-corrected chi connectivity index (χ1v) is 8.31. The third-order valence-electron chi connectivity index (χ3n) is 3.94. The Balaban J connectivity index is 2.10. The second-order valence-electron chi connectivity index (χ2n) is 5.89. The lowest BCUT2D eigenvalue weighted by molar-refractivity contribution is 0.0734. The summed E-state index contributed by atoms with van der Waals surface area (Å²) in [6.07, 6.45) is 4.44. The lowest BCUT2D eigenvalue weighted by Gasteiger charge is -2.16. The summed E-state index contributed by atoms with van der Waals surface area (Å²) in [6, 6.07) is 9.95. The molecule has 0 amide bonds. The highest BCUT2D eigenvalue weighted by molar-refractivity contribution is 5.91. The molecule has 0 aliphatic carbocycles. The largest absolute Gasteiger partial charge is 0.423 e. The predicted molar refractivity (Wildman–Crippen MR) is 90.3 cm³/mol. The van der Waals surface area contributed by atoms with Crippen LogP contribution >= 0.6 is 0 Å². The van der Waals surface area contributed by atoms with Crippen molar-refractivity contribution in [3.63, 3.8) is 0 Å². The number of carbonyl (C=O) groups excluding carboxylic acids is 1. The van der Waals surface area contributed by atoms with Gasteiger partial charge in [0, 0.05) is 18.2 Å². The average molecular weight is 332 g/mol. The first kappa shape index (κ1) is 18.1. The standard InChI is InChI=1S/C20H22F2O2/c1-3-5-14(6-4-2)15-7-9-16(10-8-15)20(23)24-19-12-17(21)11-18(22)13-19/h7-14H,3-6H2,1-2H3. The smallest absolute Gasteiger partial charge is 0.343 e. The molecule has 0 unspecified atom stereocenters. The van der Waals surface area contributed by atoms with E-state index in [0.29, 0.717) is 11.5 Å². The molecule has 0 radical (unpaired) electrons. The van der Waals surface area contributed by atoms with Gasteiger partial charge in [0.25, 0.3) is 0 Å². The summed E-state index contributed by atoms with van der Waals surface area (Å²) in [4.78, 5) is 12.1. The highest BCUT2D eigenvalue weighted by atomic mass is 19.1. The van der Waals surface area contributed by atoms with Gasteiger partial charge in [0.05, 0.1) is 5.56 Å². The molecule has 2 rings (SSSR count). The topological polar surface area (TPSA) is 26.3 Å². The van der Waals surface area contributed by atoms with Gasteiger partial charge < -0.3 is 4.74 Å². The summed E-state index contributed by atoms with van der Waals surface area (Å²) in [7, 11) is 0. The summed E-state index contributed by atoms with van der Waals surface area (Å²) in [5.41, 5.74) is 1.56.